The highest BCUT2D eigenvalue weighted by atomic mass is 35.5. The highest BCUT2D eigenvalue weighted by Crippen LogP contribution is 2.38. The number of halogens is 2. The summed E-state index contributed by atoms with van der Waals surface area (Å²) in [7, 11) is 5.01. The van der Waals surface area contributed by atoms with E-state index in [1.807, 2.05) is 6.07 Å². The summed E-state index contributed by atoms with van der Waals surface area (Å²) < 4.78 is 23.4. The van der Waals surface area contributed by atoms with Gasteiger partial charge in [0.05, 0.1) is 39.3 Å². The van der Waals surface area contributed by atoms with Crippen molar-refractivity contribution < 1.29 is 18.7 Å². The van der Waals surface area contributed by atoms with Crippen molar-refractivity contribution in [1.82, 2.24) is 19.8 Å². The van der Waals surface area contributed by atoms with Crippen LogP contribution in [-0.4, -0.2) is 59.2 Å². The molecule has 0 bridgehead atoms. The number of guanidine groups is 1. The fourth-order valence-corrected chi connectivity index (χ4v) is 4.56. The molecule has 12 heteroatoms. The van der Waals surface area contributed by atoms with Gasteiger partial charge in [0, 0.05) is 26.7 Å². The SMILES string of the molecule is CN1C(=O)C[C@@](C)(c2cccc(-n3c(N(C)C)nc4cc(C#N)c(Cl)cc43)c2F)N=C1NC(=O)OC(C)(C)C. The lowest BCUT2D eigenvalue weighted by molar-refractivity contribution is -0.128. The summed E-state index contributed by atoms with van der Waals surface area (Å²) in [4.78, 5) is 37.5. The van der Waals surface area contributed by atoms with Gasteiger partial charge in [0.15, 0.2) is 5.82 Å². The molecule has 10 nitrogen and oxygen atoms in total. The van der Waals surface area contributed by atoms with Gasteiger partial charge in [-0.3, -0.25) is 19.6 Å². The van der Waals surface area contributed by atoms with Crippen molar-refractivity contribution in [1.29, 1.82) is 5.26 Å². The molecule has 4 rings (SSSR count). The van der Waals surface area contributed by atoms with E-state index in [-0.39, 0.29) is 40.1 Å². The van der Waals surface area contributed by atoms with Crippen LogP contribution in [0.4, 0.5) is 15.1 Å². The number of imidazole rings is 1. The third-order valence-corrected chi connectivity index (χ3v) is 6.51. The van der Waals surface area contributed by atoms with Gasteiger partial charge in [-0.2, -0.15) is 5.26 Å². The Morgan fingerprint density at radius 1 is 1.31 bits per heavy atom. The van der Waals surface area contributed by atoms with Crippen LogP contribution in [0.15, 0.2) is 35.3 Å². The van der Waals surface area contributed by atoms with Gasteiger partial charge in [-0.1, -0.05) is 23.7 Å². The van der Waals surface area contributed by atoms with Gasteiger partial charge >= 0.3 is 6.09 Å². The molecule has 39 heavy (non-hydrogen) atoms. The van der Waals surface area contributed by atoms with Crippen molar-refractivity contribution in [3.05, 3.63) is 52.3 Å². The van der Waals surface area contributed by atoms with E-state index in [0.29, 0.717) is 17.0 Å². The van der Waals surface area contributed by atoms with Crippen LogP contribution in [0.2, 0.25) is 5.02 Å². The van der Waals surface area contributed by atoms with Gasteiger partial charge in [-0.25, -0.2) is 19.2 Å². The zero-order valence-electron chi connectivity index (χ0n) is 22.8. The predicted octanol–water partition coefficient (Wildman–Crippen LogP) is 4.71. The molecule has 2 amide bonds. The number of benzene rings is 2. The number of fused-ring (bicyclic) bond motifs is 1. The standard InChI is InChI=1S/C27H29ClFN7O3/c1-26(2,3)39-25(38)32-23-33-27(4,13-21(37)35(23)7)16-9-8-10-19(22(16)29)36-20-12-17(28)15(14-30)11-18(20)31-24(36)34(5)6/h8-12H,13H2,1-7H3,(H,32,33,38)/t27-/m0/s1. The molecule has 1 aliphatic rings. The third kappa shape index (κ3) is 5.25. The van der Waals surface area contributed by atoms with Gasteiger partial charge in [0.2, 0.25) is 17.8 Å². The molecule has 0 aliphatic carbocycles. The maximum atomic E-state index is 16.5. The number of ether oxygens (including phenoxy) is 1. The van der Waals surface area contributed by atoms with Crippen molar-refractivity contribution in [3.63, 3.8) is 0 Å². The Morgan fingerprint density at radius 2 is 2.00 bits per heavy atom. The number of alkyl carbamates (subject to hydrolysis) is 1. The van der Waals surface area contributed by atoms with Crippen molar-refractivity contribution >= 4 is 46.5 Å². The molecule has 2 aromatic carbocycles. The number of hydrogen-bond donors (Lipinski definition) is 1. The van der Waals surface area contributed by atoms with E-state index in [1.165, 1.54) is 11.9 Å². The first kappa shape index (κ1) is 27.9. The number of rotatable bonds is 3. The number of nitriles is 1. The van der Waals surface area contributed by atoms with Crippen LogP contribution in [0, 0.1) is 17.1 Å². The van der Waals surface area contributed by atoms with Crippen LogP contribution in [0.3, 0.4) is 0 Å². The first-order chi connectivity index (χ1) is 18.1. The molecular formula is C27H29ClFN7O3. The molecule has 0 saturated heterocycles. The molecule has 1 atom stereocenters. The number of aromatic nitrogens is 2. The maximum Gasteiger partial charge on any atom is 0.414 e. The average Bonchev–Trinajstić information content (AvgIpc) is 3.19. The lowest BCUT2D eigenvalue weighted by atomic mass is 9.87. The molecule has 204 valence electrons. The Bertz CT molecular complexity index is 1570. The molecule has 2 heterocycles. The molecule has 0 unspecified atom stereocenters. The molecule has 0 saturated carbocycles. The van der Waals surface area contributed by atoms with E-state index in [9.17, 15) is 14.9 Å². The lowest BCUT2D eigenvalue weighted by Crippen LogP contribution is -2.52. The van der Waals surface area contributed by atoms with Gasteiger partial charge < -0.3 is 9.64 Å². The van der Waals surface area contributed by atoms with Crippen LogP contribution >= 0.6 is 11.6 Å². The predicted molar refractivity (Wildman–Crippen MR) is 147 cm³/mol. The van der Waals surface area contributed by atoms with Gasteiger partial charge in [0.25, 0.3) is 0 Å². The first-order valence-corrected chi connectivity index (χ1v) is 12.5. The molecule has 0 radical (unpaired) electrons. The quantitative estimate of drug-likeness (QED) is 0.502. The lowest BCUT2D eigenvalue weighted by Gasteiger charge is -2.35. The van der Waals surface area contributed by atoms with E-state index in [1.54, 1.807) is 81.6 Å². The largest absolute Gasteiger partial charge is 0.444 e. The third-order valence-electron chi connectivity index (χ3n) is 6.20. The molecule has 3 aromatic rings. The van der Waals surface area contributed by atoms with Crippen molar-refractivity contribution in [2.45, 2.75) is 45.3 Å². The number of anilines is 1. The Morgan fingerprint density at radius 3 is 2.62 bits per heavy atom. The summed E-state index contributed by atoms with van der Waals surface area (Å²) in [5, 5.41) is 12.1. The zero-order chi connectivity index (χ0) is 28.9. The summed E-state index contributed by atoms with van der Waals surface area (Å²) in [5.74, 6) is -0.625. The highest BCUT2D eigenvalue weighted by molar-refractivity contribution is 6.32. The molecular weight excluding hydrogens is 525 g/mol. The summed E-state index contributed by atoms with van der Waals surface area (Å²) in [6.45, 7) is 6.77. The monoisotopic (exact) mass is 553 g/mol. The fraction of sp³-hybridized carbons (Fsp3) is 0.370. The summed E-state index contributed by atoms with van der Waals surface area (Å²) in [6.07, 6.45) is -0.917. The van der Waals surface area contributed by atoms with Gasteiger partial charge in [-0.05, 0) is 45.9 Å². The molecule has 1 aromatic heterocycles. The van der Waals surface area contributed by atoms with Crippen LogP contribution in [0.25, 0.3) is 16.7 Å². The molecule has 0 fully saturated rings. The van der Waals surface area contributed by atoms with Crippen molar-refractivity contribution in [3.8, 4) is 11.8 Å². The number of carbonyl (C=O) groups is 2. The number of carbonyl (C=O) groups excluding carboxylic acids is 2. The summed E-state index contributed by atoms with van der Waals surface area (Å²) in [6, 6.07) is 9.96. The second-order valence-corrected chi connectivity index (χ2v) is 11.1. The Kier molecular flexibility index (Phi) is 7.04. The number of amides is 2. The van der Waals surface area contributed by atoms with Crippen LogP contribution in [0.5, 0.6) is 0 Å². The van der Waals surface area contributed by atoms with E-state index in [2.05, 4.69) is 15.3 Å². The molecule has 1 N–H and O–H groups in total. The minimum absolute atomic E-state index is 0.0503. The second-order valence-electron chi connectivity index (χ2n) is 10.7. The van der Waals surface area contributed by atoms with E-state index >= 15 is 4.39 Å². The minimum Gasteiger partial charge on any atom is -0.444 e. The van der Waals surface area contributed by atoms with E-state index in [4.69, 9.17) is 16.3 Å². The number of hydrogen-bond acceptors (Lipinski definition) is 7. The summed E-state index contributed by atoms with van der Waals surface area (Å²) >= 11 is 6.32. The van der Waals surface area contributed by atoms with E-state index in [0.717, 1.165) is 0 Å². The van der Waals surface area contributed by atoms with Gasteiger partial charge in [-0.15, -0.1) is 0 Å². The Hall–Kier alpha value is -4.17. The smallest absolute Gasteiger partial charge is 0.414 e. The van der Waals surface area contributed by atoms with Crippen LogP contribution in [0.1, 0.15) is 45.2 Å². The summed E-state index contributed by atoms with van der Waals surface area (Å²) in [5.41, 5.74) is -0.578. The topological polar surface area (TPSA) is 116 Å². The fourth-order valence-electron chi connectivity index (χ4n) is 4.36. The number of nitrogens with zero attached hydrogens (tertiary/aromatic N) is 6. The normalized spacial score (nSPS) is 17.6. The minimum atomic E-state index is -1.34. The number of aliphatic imine (C=N–C) groups is 1. The number of nitrogens with one attached hydrogen (secondary N) is 1. The van der Waals surface area contributed by atoms with Crippen LogP contribution in [-0.2, 0) is 15.1 Å². The molecule has 1 aliphatic heterocycles. The second kappa shape index (κ2) is 9.85. The Balaban J connectivity index is 1.87. The first-order valence-electron chi connectivity index (χ1n) is 12.1. The maximum absolute atomic E-state index is 16.5. The Labute approximate surface area is 230 Å². The van der Waals surface area contributed by atoms with E-state index < -0.39 is 23.1 Å². The highest BCUT2D eigenvalue weighted by Gasteiger charge is 2.40. The van der Waals surface area contributed by atoms with Crippen molar-refractivity contribution in [2.75, 3.05) is 26.0 Å². The van der Waals surface area contributed by atoms with Crippen molar-refractivity contribution in [2.24, 2.45) is 4.99 Å². The van der Waals surface area contributed by atoms with Crippen LogP contribution < -0.4 is 10.2 Å². The van der Waals surface area contributed by atoms with Gasteiger partial charge in [0.1, 0.15) is 11.7 Å². The zero-order valence-corrected chi connectivity index (χ0v) is 23.5. The molecule has 0 spiro atoms. The average molecular weight is 554 g/mol.